The van der Waals surface area contributed by atoms with E-state index in [0.717, 1.165) is 23.9 Å². The molecule has 3 aromatic rings. The predicted molar refractivity (Wildman–Crippen MR) is 65.7 cm³/mol. The molecule has 0 atom stereocenters. The van der Waals surface area contributed by atoms with Gasteiger partial charge in [0.15, 0.2) is 5.65 Å². The second-order valence-corrected chi connectivity index (χ2v) is 4.71. The highest BCUT2D eigenvalue weighted by atomic mass is 32.2. The minimum absolute atomic E-state index is 0.0352. The van der Waals surface area contributed by atoms with Crippen LogP contribution in [0.4, 0.5) is 14.5 Å². The molecule has 8 heteroatoms. The normalized spacial score (nSPS) is 11.1. The van der Waals surface area contributed by atoms with E-state index in [-0.39, 0.29) is 10.6 Å². The topological polar surface area (TPSA) is 69.1 Å². The van der Waals surface area contributed by atoms with Gasteiger partial charge in [-0.3, -0.25) is 4.40 Å². The molecule has 2 aromatic heterocycles. The third kappa shape index (κ3) is 2.10. The van der Waals surface area contributed by atoms with Gasteiger partial charge in [0.05, 0.1) is 4.90 Å². The lowest BCUT2D eigenvalue weighted by atomic mass is 10.3. The van der Waals surface area contributed by atoms with Crippen LogP contribution in [-0.4, -0.2) is 19.6 Å². The molecular formula is C11H7F2N5S. The van der Waals surface area contributed by atoms with E-state index in [1.807, 2.05) is 0 Å². The average molecular weight is 279 g/mol. The molecule has 0 saturated heterocycles. The van der Waals surface area contributed by atoms with Crippen molar-refractivity contribution in [2.75, 3.05) is 5.73 Å². The van der Waals surface area contributed by atoms with E-state index in [9.17, 15) is 8.78 Å². The average Bonchev–Trinajstić information content (AvgIpc) is 2.82. The van der Waals surface area contributed by atoms with E-state index in [0.29, 0.717) is 10.7 Å². The van der Waals surface area contributed by atoms with Crippen LogP contribution in [0.15, 0.2) is 40.8 Å². The quantitative estimate of drug-likeness (QED) is 0.728. The first-order valence-electron chi connectivity index (χ1n) is 5.22. The van der Waals surface area contributed by atoms with Crippen LogP contribution < -0.4 is 5.73 Å². The van der Waals surface area contributed by atoms with Crippen molar-refractivity contribution in [2.45, 2.75) is 9.92 Å². The van der Waals surface area contributed by atoms with Gasteiger partial charge < -0.3 is 5.73 Å². The van der Waals surface area contributed by atoms with Crippen LogP contribution in [0.1, 0.15) is 0 Å². The maximum Gasteiger partial charge on any atom is 0.193 e. The fraction of sp³-hybridized carbons (Fsp3) is 0. The largest absolute Gasteiger partial charge is 0.399 e. The Kier molecular flexibility index (Phi) is 2.79. The molecule has 0 saturated carbocycles. The Hall–Kier alpha value is -2.22. The van der Waals surface area contributed by atoms with Crippen LogP contribution in [-0.2, 0) is 0 Å². The smallest absolute Gasteiger partial charge is 0.193 e. The van der Waals surface area contributed by atoms with Crippen LogP contribution in [0, 0.1) is 11.6 Å². The summed E-state index contributed by atoms with van der Waals surface area (Å²) in [5, 5.41) is 7.93. The number of benzene rings is 1. The van der Waals surface area contributed by atoms with Gasteiger partial charge in [-0.15, -0.1) is 10.2 Å². The van der Waals surface area contributed by atoms with Crippen molar-refractivity contribution in [2.24, 2.45) is 0 Å². The van der Waals surface area contributed by atoms with E-state index < -0.39 is 11.6 Å². The molecule has 0 fully saturated rings. The molecule has 0 amide bonds. The molecule has 0 bridgehead atoms. The lowest BCUT2D eigenvalue weighted by molar-refractivity contribution is 0.541. The lowest BCUT2D eigenvalue weighted by Crippen LogP contribution is -1.95. The Morgan fingerprint density at radius 3 is 2.68 bits per heavy atom. The molecule has 0 unspecified atom stereocenters. The van der Waals surface area contributed by atoms with Gasteiger partial charge >= 0.3 is 0 Å². The van der Waals surface area contributed by atoms with Gasteiger partial charge in [-0.05, 0) is 12.1 Å². The van der Waals surface area contributed by atoms with Crippen molar-refractivity contribution in [3.63, 3.8) is 0 Å². The summed E-state index contributed by atoms with van der Waals surface area (Å²) in [5.74, 6) is -1.46. The van der Waals surface area contributed by atoms with Crippen molar-refractivity contribution in [1.29, 1.82) is 0 Å². The zero-order valence-electron chi connectivity index (χ0n) is 9.42. The van der Waals surface area contributed by atoms with Crippen LogP contribution in [0.3, 0.4) is 0 Å². The molecule has 2 heterocycles. The minimum Gasteiger partial charge on any atom is -0.399 e. The maximum absolute atomic E-state index is 13.7. The zero-order chi connectivity index (χ0) is 13.4. The molecule has 0 aliphatic rings. The summed E-state index contributed by atoms with van der Waals surface area (Å²) in [6.07, 6.45) is 4.64. The summed E-state index contributed by atoms with van der Waals surface area (Å²) in [7, 11) is 0. The highest BCUT2D eigenvalue weighted by Crippen LogP contribution is 2.33. The Bertz CT molecular complexity index is 735. The molecule has 0 radical (unpaired) electrons. The molecule has 5 nitrogen and oxygen atoms in total. The monoisotopic (exact) mass is 279 g/mol. The number of aromatic nitrogens is 4. The predicted octanol–water partition coefficient (Wildman–Crippen LogP) is 2.14. The fourth-order valence-electron chi connectivity index (χ4n) is 1.58. The summed E-state index contributed by atoms with van der Waals surface area (Å²) in [4.78, 5) is 3.89. The number of hydrogen-bond acceptors (Lipinski definition) is 5. The number of hydrogen-bond donors (Lipinski definition) is 1. The van der Waals surface area contributed by atoms with E-state index in [4.69, 9.17) is 5.73 Å². The molecule has 1 aromatic carbocycles. The van der Waals surface area contributed by atoms with E-state index in [2.05, 4.69) is 15.2 Å². The van der Waals surface area contributed by atoms with Gasteiger partial charge in [0.25, 0.3) is 0 Å². The molecule has 3 rings (SSSR count). The first-order valence-corrected chi connectivity index (χ1v) is 6.03. The number of nitrogens with zero attached hydrogens (tertiary/aromatic N) is 4. The van der Waals surface area contributed by atoms with Gasteiger partial charge in [0, 0.05) is 18.1 Å². The van der Waals surface area contributed by atoms with Crippen molar-refractivity contribution in [3.05, 3.63) is 42.5 Å². The molecule has 2 N–H and O–H groups in total. The fourth-order valence-corrected chi connectivity index (χ4v) is 2.44. The Morgan fingerprint density at radius 1 is 1.21 bits per heavy atom. The Labute approximate surface area is 110 Å². The van der Waals surface area contributed by atoms with Gasteiger partial charge in [-0.25, -0.2) is 13.8 Å². The molecule has 96 valence electrons. The summed E-state index contributed by atoms with van der Waals surface area (Å²) >= 11 is 0.844. The summed E-state index contributed by atoms with van der Waals surface area (Å²) in [6, 6.07) is 2.13. The number of fused-ring (bicyclic) bond motifs is 1. The Balaban J connectivity index is 2.09. The Morgan fingerprint density at radius 2 is 1.95 bits per heavy atom. The summed E-state index contributed by atoms with van der Waals surface area (Å²) in [5.41, 5.74) is 5.83. The third-order valence-electron chi connectivity index (χ3n) is 2.40. The molecule has 19 heavy (non-hydrogen) atoms. The number of rotatable bonds is 2. The SMILES string of the molecule is Nc1cc(F)c(Sc2nccn3cnnc23)c(F)c1. The second-order valence-electron chi connectivity index (χ2n) is 3.71. The molecule has 0 aliphatic carbocycles. The van der Waals surface area contributed by atoms with Gasteiger partial charge in [0.1, 0.15) is 23.0 Å². The standard InChI is InChI=1S/C11H7F2N5S/c12-7-3-6(14)4-8(13)9(7)19-11-10-17-16-5-18(10)2-1-15-11/h1-5H,14H2. The van der Waals surface area contributed by atoms with E-state index in [1.165, 1.54) is 12.5 Å². The number of nitrogens with two attached hydrogens (primary N) is 1. The van der Waals surface area contributed by atoms with Crippen molar-refractivity contribution < 1.29 is 8.78 Å². The summed E-state index contributed by atoms with van der Waals surface area (Å²) in [6.45, 7) is 0. The first kappa shape index (κ1) is 11.8. The van der Waals surface area contributed by atoms with Crippen molar-refractivity contribution in [3.8, 4) is 0 Å². The molecule has 0 spiro atoms. The van der Waals surface area contributed by atoms with Gasteiger partial charge in [-0.2, -0.15) is 0 Å². The van der Waals surface area contributed by atoms with E-state index in [1.54, 1.807) is 10.6 Å². The van der Waals surface area contributed by atoms with Crippen LogP contribution in [0.2, 0.25) is 0 Å². The number of nitrogen functional groups attached to an aromatic ring is 1. The molecular weight excluding hydrogens is 272 g/mol. The number of anilines is 1. The number of halogens is 2. The highest BCUT2D eigenvalue weighted by molar-refractivity contribution is 7.99. The van der Waals surface area contributed by atoms with Gasteiger partial charge in [-0.1, -0.05) is 11.8 Å². The van der Waals surface area contributed by atoms with Crippen LogP contribution >= 0.6 is 11.8 Å². The lowest BCUT2D eigenvalue weighted by Gasteiger charge is -2.05. The highest BCUT2D eigenvalue weighted by Gasteiger charge is 2.15. The minimum atomic E-state index is -0.731. The van der Waals surface area contributed by atoms with Crippen LogP contribution in [0.25, 0.3) is 5.65 Å². The van der Waals surface area contributed by atoms with Crippen molar-refractivity contribution >= 4 is 23.1 Å². The second kappa shape index (κ2) is 4.47. The maximum atomic E-state index is 13.7. The zero-order valence-corrected chi connectivity index (χ0v) is 10.2. The molecule has 0 aliphatic heterocycles. The van der Waals surface area contributed by atoms with E-state index >= 15 is 0 Å². The van der Waals surface area contributed by atoms with Gasteiger partial charge in [0.2, 0.25) is 0 Å². The first-order chi connectivity index (χ1) is 9.15. The van der Waals surface area contributed by atoms with Crippen molar-refractivity contribution in [1.82, 2.24) is 19.6 Å². The third-order valence-corrected chi connectivity index (χ3v) is 3.48. The van der Waals surface area contributed by atoms with Crippen LogP contribution in [0.5, 0.6) is 0 Å². The summed E-state index contributed by atoms with van der Waals surface area (Å²) < 4.78 is 29.0.